The molecule has 4 rings (SSSR count). The van der Waals surface area contributed by atoms with E-state index in [-0.39, 0.29) is 24.6 Å². The number of hydrogen-bond acceptors (Lipinski definition) is 5. The first-order valence-electron chi connectivity index (χ1n) is 10.7. The first-order valence-corrected chi connectivity index (χ1v) is 11.5. The lowest BCUT2D eigenvalue weighted by Gasteiger charge is -2.33. The van der Waals surface area contributed by atoms with Gasteiger partial charge in [0.25, 0.3) is 0 Å². The number of rotatable bonds is 7. The van der Waals surface area contributed by atoms with Crippen LogP contribution < -0.4 is 14.4 Å². The molecule has 174 valence electrons. The van der Waals surface area contributed by atoms with Crippen LogP contribution >= 0.6 is 28.3 Å². The maximum absolute atomic E-state index is 12.4. The molecule has 1 atom stereocenters. The number of anilines is 1. The second kappa shape index (κ2) is 11.3. The van der Waals surface area contributed by atoms with Crippen LogP contribution in [0.3, 0.4) is 0 Å². The van der Waals surface area contributed by atoms with E-state index in [0.29, 0.717) is 12.5 Å². The maximum Gasteiger partial charge on any atom is 0.414 e. The highest BCUT2D eigenvalue weighted by atomic mass is 79.9. The topological polar surface area (TPSA) is 51.2 Å². The third-order valence-corrected chi connectivity index (χ3v) is 6.96. The summed E-state index contributed by atoms with van der Waals surface area (Å²) in [5, 5.41) is 0. The van der Waals surface area contributed by atoms with E-state index in [1.54, 1.807) is 19.1 Å². The molecule has 2 aromatic carbocycles. The van der Waals surface area contributed by atoms with Crippen LogP contribution in [-0.2, 0) is 11.2 Å². The molecule has 6 nitrogen and oxygen atoms in total. The van der Waals surface area contributed by atoms with Gasteiger partial charge < -0.3 is 14.2 Å². The highest BCUT2D eigenvalue weighted by Gasteiger charge is 2.34. The van der Waals surface area contributed by atoms with Gasteiger partial charge in [-0.2, -0.15) is 0 Å². The van der Waals surface area contributed by atoms with Gasteiger partial charge >= 0.3 is 6.09 Å². The molecule has 0 radical (unpaired) electrons. The van der Waals surface area contributed by atoms with Crippen LogP contribution in [0.4, 0.5) is 10.5 Å². The van der Waals surface area contributed by atoms with Crippen molar-refractivity contribution in [3.63, 3.8) is 0 Å². The van der Waals surface area contributed by atoms with E-state index in [9.17, 15) is 4.79 Å². The van der Waals surface area contributed by atoms with E-state index in [2.05, 4.69) is 33.0 Å². The maximum atomic E-state index is 12.4. The van der Waals surface area contributed by atoms with E-state index in [1.807, 2.05) is 30.3 Å². The number of methoxy groups -OCH3 is 2. The Labute approximate surface area is 204 Å². The van der Waals surface area contributed by atoms with Gasteiger partial charge in [-0.25, -0.2) is 4.79 Å². The molecule has 0 aromatic heterocycles. The second-order valence-electron chi connectivity index (χ2n) is 8.22. The van der Waals surface area contributed by atoms with Gasteiger partial charge in [-0.15, -0.1) is 12.4 Å². The fourth-order valence-corrected chi connectivity index (χ4v) is 4.80. The number of ether oxygens (including phenoxy) is 3. The predicted octanol–water partition coefficient (Wildman–Crippen LogP) is 5.17. The Morgan fingerprint density at radius 2 is 1.69 bits per heavy atom. The van der Waals surface area contributed by atoms with Crippen LogP contribution in [0.1, 0.15) is 18.4 Å². The molecule has 2 heterocycles. The van der Waals surface area contributed by atoms with Crippen molar-refractivity contribution in [3.8, 4) is 11.5 Å². The summed E-state index contributed by atoms with van der Waals surface area (Å²) in [5.41, 5.74) is 2.15. The highest BCUT2D eigenvalue weighted by Crippen LogP contribution is 2.29. The molecule has 1 unspecified atom stereocenters. The van der Waals surface area contributed by atoms with Gasteiger partial charge in [-0.1, -0.05) is 15.9 Å². The van der Waals surface area contributed by atoms with Crippen molar-refractivity contribution in [1.82, 2.24) is 4.90 Å². The lowest BCUT2D eigenvalue weighted by Crippen LogP contribution is -2.40. The number of nitrogens with zero attached hydrogens (tertiary/aromatic N) is 2. The molecule has 0 N–H and O–H groups in total. The zero-order valence-electron chi connectivity index (χ0n) is 18.5. The molecule has 1 amide bonds. The summed E-state index contributed by atoms with van der Waals surface area (Å²) in [4.78, 5) is 16.5. The van der Waals surface area contributed by atoms with E-state index in [0.717, 1.165) is 60.6 Å². The number of amides is 1. The van der Waals surface area contributed by atoms with Crippen LogP contribution in [0, 0.1) is 5.92 Å². The summed E-state index contributed by atoms with van der Waals surface area (Å²) in [7, 11) is 3.34. The van der Waals surface area contributed by atoms with Crippen LogP contribution in [-0.4, -0.2) is 57.5 Å². The Morgan fingerprint density at radius 3 is 2.34 bits per heavy atom. The predicted molar refractivity (Wildman–Crippen MR) is 131 cm³/mol. The molecule has 0 bridgehead atoms. The minimum absolute atomic E-state index is 0. The van der Waals surface area contributed by atoms with Crippen LogP contribution in [0.5, 0.6) is 11.5 Å². The minimum Gasteiger partial charge on any atom is -0.497 e. The van der Waals surface area contributed by atoms with Gasteiger partial charge in [-0.05, 0) is 86.3 Å². The minimum atomic E-state index is -0.270. The summed E-state index contributed by atoms with van der Waals surface area (Å²) < 4.78 is 17.4. The van der Waals surface area contributed by atoms with Gasteiger partial charge in [-0.3, -0.25) is 9.80 Å². The lowest BCUT2D eigenvalue weighted by molar-refractivity contribution is 0.0914. The van der Waals surface area contributed by atoms with Crippen molar-refractivity contribution >= 4 is 40.1 Å². The number of carbonyl (C=O) groups is 1. The SMILES string of the molecule is COc1ccc(N2CC(CN3CCC(Cc4cc(OC)ccc4Br)CC3)OC2=O)cc1.Cl. The Hall–Kier alpha value is -1.96. The molecular weight excluding hydrogens is 496 g/mol. The molecule has 0 aliphatic carbocycles. The van der Waals surface area contributed by atoms with Crippen LogP contribution in [0.15, 0.2) is 46.9 Å². The van der Waals surface area contributed by atoms with Crippen molar-refractivity contribution in [2.75, 3.05) is 45.3 Å². The molecule has 2 fully saturated rings. The number of halogens is 2. The Bertz CT molecular complexity index is 903. The number of benzene rings is 2. The average Bonchev–Trinajstić information content (AvgIpc) is 3.16. The summed E-state index contributed by atoms with van der Waals surface area (Å²) in [6.07, 6.45) is 2.97. The van der Waals surface area contributed by atoms with Crippen molar-refractivity contribution in [1.29, 1.82) is 0 Å². The molecular formula is C24H30BrClN2O4. The molecule has 2 aliphatic rings. The average molecular weight is 526 g/mol. The number of likely N-dealkylation sites (tertiary alicyclic amines) is 1. The summed E-state index contributed by atoms with van der Waals surface area (Å²) in [5.74, 6) is 2.33. The number of piperidine rings is 1. The van der Waals surface area contributed by atoms with Crippen molar-refractivity contribution in [2.24, 2.45) is 5.92 Å². The first kappa shape index (κ1) is 24.7. The summed E-state index contributed by atoms with van der Waals surface area (Å²) >= 11 is 3.67. The Kier molecular flexibility index (Phi) is 8.68. The van der Waals surface area contributed by atoms with E-state index < -0.39 is 0 Å². The lowest BCUT2D eigenvalue weighted by atomic mass is 9.90. The van der Waals surface area contributed by atoms with Gasteiger partial charge in [0, 0.05) is 16.7 Å². The molecule has 2 aromatic rings. The summed E-state index contributed by atoms with van der Waals surface area (Å²) in [6.45, 7) is 3.43. The molecule has 0 spiro atoms. The molecule has 8 heteroatoms. The number of hydrogen-bond donors (Lipinski definition) is 0. The molecule has 0 saturated carbocycles. The van der Waals surface area contributed by atoms with Gasteiger partial charge in [0.05, 0.1) is 20.8 Å². The summed E-state index contributed by atoms with van der Waals surface area (Å²) in [6, 6.07) is 13.7. The van der Waals surface area contributed by atoms with E-state index >= 15 is 0 Å². The van der Waals surface area contributed by atoms with Gasteiger partial charge in [0.1, 0.15) is 17.6 Å². The van der Waals surface area contributed by atoms with E-state index in [1.165, 1.54) is 5.56 Å². The smallest absolute Gasteiger partial charge is 0.414 e. The van der Waals surface area contributed by atoms with Crippen molar-refractivity contribution < 1.29 is 19.0 Å². The number of carbonyl (C=O) groups excluding carboxylic acids is 1. The van der Waals surface area contributed by atoms with Gasteiger partial charge in [0.15, 0.2) is 0 Å². The van der Waals surface area contributed by atoms with Crippen LogP contribution in [0.2, 0.25) is 0 Å². The highest BCUT2D eigenvalue weighted by molar-refractivity contribution is 9.10. The fraction of sp³-hybridized carbons (Fsp3) is 0.458. The fourth-order valence-electron chi connectivity index (χ4n) is 4.40. The zero-order valence-corrected chi connectivity index (χ0v) is 20.9. The Balaban J connectivity index is 0.00000289. The standard InChI is InChI=1S/C24H29BrN2O4.ClH/c1-29-20-5-3-19(4-6-20)27-16-22(31-24(27)28)15-26-11-9-17(10-12-26)13-18-14-21(30-2)7-8-23(18)25;/h3-8,14,17,22H,9-13,15-16H2,1-2H3;1H. The van der Waals surface area contributed by atoms with Crippen molar-refractivity contribution in [2.45, 2.75) is 25.4 Å². The largest absolute Gasteiger partial charge is 0.497 e. The molecule has 2 saturated heterocycles. The Morgan fingerprint density at radius 1 is 1.03 bits per heavy atom. The first-order chi connectivity index (χ1) is 15.1. The third-order valence-electron chi connectivity index (χ3n) is 6.19. The number of cyclic esters (lactones) is 1. The van der Waals surface area contributed by atoms with Crippen LogP contribution in [0.25, 0.3) is 0 Å². The molecule has 32 heavy (non-hydrogen) atoms. The van der Waals surface area contributed by atoms with Gasteiger partial charge in [0.2, 0.25) is 0 Å². The monoisotopic (exact) mass is 524 g/mol. The second-order valence-corrected chi connectivity index (χ2v) is 9.07. The zero-order chi connectivity index (χ0) is 21.8. The van der Waals surface area contributed by atoms with E-state index in [4.69, 9.17) is 14.2 Å². The van der Waals surface area contributed by atoms with Crippen molar-refractivity contribution in [3.05, 3.63) is 52.5 Å². The molecule has 2 aliphatic heterocycles. The third kappa shape index (κ3) is 5.88. The quantitative estimate of drug-likeness (QED) is 0.499. The normalized spacial score (nSPS) is 19.4.